The number of carbonyl (C=O) groups is 2. The fourth-order valence-corrected chi connectivity index (χ4v) is 3.95. The molecular weight excluding hydrogens is 432 g/mol. The molecule has 0 bridgehead atoms. The van der Waals surface area contributed by atoms with Gasteiger partial charge in [0.2, 0.25) is 0 Å². The van der Waals surface area contributed by atoms with E-state index in [9.17, 15) is 18.0 Å². The van der Waals surface area contributed by atoms with E-state index >= 15 is 0 Å². The Hall–Kier alpha value is -1.15. The van der Waals surface area contributed by atoms with E-state index in [-0.39, 0.29) is 12.8 Å². The van der Waals surface area contributed by atoms with Crippen LogP contribution in [0.15, 0.2) is 0 Å². The Bertz CT molecular complexity index is 561. The van der Waals surface area contributed by atoms with Crippen molar-refractivity contribution in [3.8, 4) is 0 Å². The predicted octanol–water partition coefficient (Wildman–Crippen LogP) is 7.09. The van der Waals surface area contributed by atoms with E-state index in [4.69, 9.17) is 0 Å². The van der Waals surface area contributed by atoms with Gasteiger partial charge in [0.05, 0.1) is 0 Å². The molecule has 190 valence electrons. The molecule has 0 saturated carbocycles. The molecule has 0 radical (unpaired) electrons. The largest absolute Gasteiger partial charge is 0.488 e. The second kappa shape index (κ2) is 21.7. The monoisotopic (exact) mass is 478 g/mol. The van der Waals surface area contributed by atoms with Gasteiger partial charge in [0.15, 0.2) is 0 Å². The summed E-state index contributed by atoms with van der Waals surface area (Å²) < 4.78 is 31.5. The maximum absolute atomic E-state index is 11.6. The van der Waals surface area contributed by atoms with Gasteiger partial charge in [0, 0.05) is 12.8 Å². The molecule has 0 fully saturated rings. The van der Waals surface area contributed by atoms with Gasteiger partial charge in [-0.2, -0.15) is 8.42 Å². The van der Waals surface area contributed by atoms with Crippen LogP contribution in [0.2, 0.25) is 0 Å². The Morgan fingerprint density at radius 1 is 0.531 bits per heavy atom. The van der Waals surface area contributed by atoms with Crippen LogP contribution in [0, 0.1) is 0 Å². The zero-order valence-electron chi connectivity index (χ0n) is 20.4. The van der Waals surface area contributed by atoms with Crippen molar-refractivity contribution >= 4 is 22.3 Å². The van der Waals surface area contributed by atoms with Crippen LogP contribution in [-0.4, -0.2) is 20.4 Å². The summed E-state index contributed by atoms with van der Waals surface area (Å²) in [5, 5.41) is 0. The predicted molar refractivity (Wildman–Crippen MR) is 126 cm³/mol. The van der Waals surface area contributed by atoms with Crippen LogP contribution in [0.3, 0.4) is 0 Å². The van der Waals surface area contributed by atoms with E-state index in [1.165, 1.54) is 64.2 Å². The molecule has 0 aromatic rings. The Balaban J connectivity index is 3.67. The van der Waals surface area contributed by atoms with Crippen molar-refractivity contribution in [2.24, 2.45) is 0 Å². The Morgan fingerprint density at radius 3 is 1.28 bits per heavy atom. The van der Waals surface area contributed by atoms with Crippen LogP contribution in [0.4, 0.5) is 0 Å². The summed E-state index contributed by atoms with van der Waals surface area (Å²) in [6.07, 6.45) is 19.7. The molecule has 32 heavy (non-hydrogen) atoms. The van der Waals surface area contributed by atoms with Gasteiger partial charge in [-0.1, -0.05) is 117 Å². The van der Waals surface area contributed by atoms with Gasteiger partial charge in [-0.25, -0.2) is 4.79 Å². The number of hydrogen-bond donors (Lipinski definition) is 0. The summed E-state index contributed by atoms with van der Waals surface area (Å²) in [4.78, 5) is 27.5. The molecule has 0 atom stereocenters. The summed E-state index contributed by atoms with van der Waals surface area (Å²) >= 11 is 0. The molecule has 0 aliphatic rings. The molecular formula is C24H46O7S. The SMILES string of the molecule is CCCCCCCCCCCC(=O)OOS(=O)(=O)OC(=O)CCCCCCCCCCC. The second-order valence-electron chi connectivity index (χ2n) is 8.54. The molecule has 0 heterocycles. The van der Waals surface area contributed by atoms with Crippen LogP contribution in [-0.2, 0) is 33.4 Å². The second-order valence-corrected chi connectivity index (χ2v) is 9.66. The third kappa shape index (κ3) is 22.1. The molecule has 0 unspecified atom stereocenters. The van der Waals surface area contributed by atoms with E-state index in [0.29, 0.717) is 12.8 Å². The average Bonchev–Trinajstić information content (AvgIpc) is 2.75. The summed E-state index contributed by atoms with van der Waals surface area (Å²) in [5.41, 5.74) is 0. The van der Waals surface area contributed by atoms with Crippen LogP contribution in [0.25, 0.3) is 0 Å². The van der Waals surface area contributed by atoms with Crippen LogP contribution >= 0.6 is 0 Å². The molecule has 0 amide bonds. The fraction of sp³-hybridized carbons (Fsp3) is 0.917. The maximum Gasteiger partial charge on any atom is 0.488 e. The maximum atomic E-state index is 11.6. The zero-order chi connectivity index (χ0) is 23.9. The van der Waals surface area contributed by atoms with E-state index in [1.807, 2.05) is 0 Å². The molecule has 0 aromatic carbocycles. The topological polar surface area (TPSA) is 96.0 Å². The fourth-order valence-electron chi connectivity index (χ4n) is 3.45. The van der Waals surface area contributed by atoms with Crippen LogP contribution in [0.1, 0.15) is 142 Å². The lowest BCUT2D eigenvalue weighted by atomic mass is 10.1. The lowest BCUT2D eigenvalue weighted by Crippen LogP contribution is -2.18. The van der Waals surface area contributed by atoms with Crippen molar-refractivity contribution in [3.05, 3.63) is 0 Å². The molecule has 7 nitrogen and oxygen atoms in total. The molecule has 0 aliphatic heterocycles. The van der Waals surface area contributed by atoms with Crippen molar-refractivity contribution in [1.82, 2.24) is 0 Å². The van der Waals surface area contributed by atoms with Gasteiger partial charge in [0.1, 0.15) is 0 Å². The van der Waals surface area contributed by atoms with Crippen LogP contribution in [0.5, 0.6) is 0 Å². The van der Waals surface area contributed by atoms with Crippen molar-refractivity contribution in [2.75, 3.05) is 0 Å². The molecule has 0 N–H and O–H groups in total. The Labute approximate surface area is 196 Å². The van der Waals surface area contributed by atoms with Crippen molar-refractivity contribution in [2.45, 2.75) is 142 Å². The molecule has 0 saturated heterocycles. The minimum atomic E-state index is -4.68. The van der Waals surface area contributed by atoms with Crippen molar-refractivity contribution < 1.29 is 31.4 Å². The van der Waals surface area contributed by atoms with Crippen LogP contribution < -0.4 is 0 Å². The Morgan fingerprint density at radius 2 is 0.875 bits per heavy atom. The Kier molecular flexibility index (Phi) is 20.9. The summed E-state index contributed by atoms with van der Waals surface area (Å²) in [6.45, 7) is 4.38. The highest BCUT2D eigenvalue weighted by Crippen LogP contribution is 2.13. The van der Waals surface area contributed by atoms with E-state index in [2.05, 4.69) is 27.3 Å². The van der Waals surface area contributed by atoms with Gasteiger partial charge in [-0.3, -0.25) is 9.68 Å². The first-order valence-electron chi connectivity index (χ1n) is 12.8. The minimum absolute atomic E-state index is 0.00911. The smallest absolute Gasteiger partial charge is 0.323 e. The standard InChI is InChI=1S/C24H46O7S/c1-3-5-7-9-11-13-15-17-19-21-23(25)29-31-32(27,28)30-24(26)22-20-18-16-14-12-10-8-6-4-2/h3-22H2,1-2H3. The molecule has 8 heteroatoms. The molecule has 0 aliphatic carbocycles. The summed E-state index contributed by atoms with van der Waals surface area (Å²) in [5.74, 6) is -1.69. The normalized spacial score (nSPS) is 11.4. The average molecular weight is 479 g/mol. The van der Waals surface area contributed by atoms with Gasteiger partial charge in [0.25, 0.3) is 0 Å². The molecule has 0 rings (SSSR count). The van der Waals surface area contributed by atoms with Crippen molar-refractivity contribution in [1.29, 1.82) is 0 Å². The van der Waals surface area contributed by atoms with E-state index < -0.39 is 22.3 Å². The van der Waals surface area contributed by atoms with Gasteiger partial charge in [-0.15, -0.1) is 0 Å². The highest BCUT2D eigenvalue weighted by atomic mass is 32.3. The minimum Gasteiger partial charge on any atom is -0.323 e. The molecule has 0 spiro atoms. The zero-order valence-corrected chi connectivity index (χ0v) is 21.2. The highest BCUT2D eigenvalue weighted by Gasteiger charge is 2.21. The summed E-state index contributed by atoms with van der Waals surface area (Å²) in [7, 11) is -4.68. The van der Waals surface area contributed by atoms with E-state index in [1.54, 1.807) is 0 Å². The van der Waals surface area contributed by atoms with Crippen molar-refractivity contribution in [3.63, 3.8) is 0 Å². The van der Waals surface area contributed by atoms with E-state index in [0.717, 1.165) is 38.5 Å². The first-order chi connectivity index (χ1) is 15.4. The lowest BCUT2D eigenvalue weighted by molar-refractivity contribution is -0.215. The lowest BCUT2D eigenvalue weighted by Gasteiger charge is -2.05. The number of carbonyl (C=O) groups excluding carboxylic acids is 2. The third-order valence-corrected chi connectivity index (χ3v) is 6.00. The number of rotatable bonds is 23. The first kappa shape index (κ1) is 30.9. The number of unbranched alkanes of at least 4 members (excludes halogenated alkanes) is 16. The molecule has 0 aromatic heterocycles. The van der Waals surface area contributed by atoms with Gasteiger partial charge >= 0.3 is 22.3 Å². The quantitative estimate of drug-likeness (QED) is 0.0878. The van der Waals surface area contributed by atoms with Gasteiger partial charge < -0.3 is 4.18 Å². The summed E-state index contributed by atoms with van der Waals surface area (Å²) in [6, 6.07) is 0. The highest BCUT2D eigenvalue weighted by molar-refractivity contribution is 7.82. The first-order valence-corrected chi connectivity index (χ1v) is 14.1. The third-order valence-electron chi connectivity index (χ3n) is 5.37. The van der Waals surface area contributed by atoms with Gasteiger partial charge in [-0.05, 0) is 17.2 Å². The number of hydrogen-bond acceptors (Lipinski definition) is 7.